The molecule has 14 nitrogen and oxygen atoms in total. The van der Waals surface area contributed by atoms with Crippen LogP contribution in [0.25, 0.3) is 101 Å². The molecule has 0 bridgehead atoms. The van der Waals surface area contributed by atoms with Gasteiger partial charge in [-0.2, -0.15) is 5.10 Å². The van der Waals surface area contributed by atoms with Gasteiger partial charge in [0, 0.05) is 87.5 Å². The summed E-state index contributed by atoms with van der Waals surface area (Å²) in [6, 6.07) is 27.2. The van der Waals surface area contributed by atoms with Crippen LogP contribution < -0.4 is 0 Å². The summed E-state index contributed by atoms with van der Waals surface area (Å²) < 4.78 is 0. The fourth-order valence-electron chi connectivity index (χ4n) is 6.93. The Morgan fingerprint density at radius 1 is 0.500 bits per heavy atom. The van der Waals surface area contributed by atoms with Crippen molar-refractivity contribution in [3.63, 3.8) is 0 Å². The molecule has 0 radical (unpaired) electrons. The number of aromatic amines is 2. The second kappa shape index (κ2) is 13.0. The summed E-state index contributed by atoms with van der Waals surface area (Å²) in [4.78, 5) is 38.2. The van der Waals surface area contributed by atoms with Gasteiger partial charge in [-0.1, -0.05) is 30.3 Å². The molecular weight excluding hydrogens is 677 g/mol. The van der Waals surface area contributed by atoms with Crippen molar-refractivity contribution in [1.29, 1.82) is 0 Å². The maximum absolute atomic E-state index is 5.48. The minimum absolute atomic E-state index is 0.403. The first-order valence-corrected chi connectivity index (χ1v) is 16.9. The third-order valence-corrected chi connectivity index (χ3v) is 9.08. The normalized spacial score (nSPS) is 11.3. The molecule has 0 atom stereocenters. The van der Waals surface area contributed by atoms with Crippen molar-refractivity contribution in [1.82, 2.24) is 70.7 Å². The topological polar surface area (TPSA) is 186 Å². The minimum Gasteiger partial charge on any atom is -0.361 e. The van der Waals surface area contributed by atoms with E-state index in [1.807, 2.05) is 85.1 Å². The van der Waals surface area contributed by atoms with Gasteiger partial charge in [-0.05, 0) is 65.0 Å². The van der Waals surface area contributed by atoms with Crippen molar-refractivity contribution in [2.45, 2.75) is 0 Å². The highest BCUT2D eigenvalue weighted by Gasteiger charge is 2.33. The Bertz CT molecular complexity index is 2910. The first kappa shape index (κ1) is 30.8. The molecule has 0 aliphatic rings. The average molecular weight is 701 g/mol. The van der Waals surface area contributed by atoms with Gasteiger partial charge in [-0.15, -0.1) is 10.2 Å². The van der Waals surface area contributed by atoms with E-state index in [1.165, 1.54) is 0 Å². The monoisotopic (exact) mass is 700 g/mol. The zero-order chi connectivity index (χ0) is 35.8. The summed E-state index contributed by atoms with van der Waals surface area (Å²) in [5.41, 5.74) is 8.33. The number of pyridine rings is 3. The van der Waals surface area contributed by atoms with Crippen molar-refractivity contribution in [3.8, 4) is 79.3 Å². The van der Waals surface area contributed by atoms with E-state index in [9.17, 15) is 0 Å². The first-order chi connectivity index (χ1) is 26.8. The Morgan fingerprint density at radius 3 is 2.15 bits per heavy atom. The molecule has 2 N–H and O–H groups in total. The Labute approximate surface area is 305 Å². The van der Waals surface area contributed by atoms with Crippen LogP contribution in [0.5, 0.6) is 0 Å². The lowest BCUT2D eigenvalue weighted by atomic mass is 9.81. The van der Waals surface area contributed by atoms with Crippen molar-refractivity contribution in [2.75, 3.05) is 0 Å². The van der Waals surface area contributed by atoms with Gasteiger partial charge in [-0.25, -0.2) is 25.0 Å². The van der Waals surface area contributed by atoms with E-state index in [1.54, 1.807) is 49.4 Å². The number of hydrogen-bond donors (Lipinski definition) is 2. The van der Waals surface area contributed by atoms with E-state index < -0.39 is 0 Å². The van der Waals surface area contributed by atoms with Crippen LogP contribution in [-0.2, 0) is 0 Å². The summed E-state index contributed by atoms with van der Waals surface area (Å²) in [6.07, 6.45) is 13.7. The van der Waals surface area contributed by atoms with Crippen LogP contribution in [0.2, 0.25) is 0 Å². The van der Waals surface area contributed by atoms with Gasteiger partial charge in [0.2, 0.25) is 0 Å². The van der Waals surface area contributed by atoms with E-state index in [0.717, 1.165) is 22.2 Å². The Hall–Kier alpha value is -8.00. The Balaban J connectivity index is 1.55. The van der Waals surface area contributed by atoms with Gasteiger partial charge in [0.15, 0.2) is 11.6 Å². The summed E-state index contributed by atoms with van der Waals surface area (Å²) >= 11 is 0. The highest BCUT2D eigenvalue weighted by Crippen LogP contribution is 2.54. The van der Waals surface area contributed by atoms with Crippen LogP contribution in [-0.4, -0.2) is 70.7 Å². The average Bonchev–Trinajstić information content (AvgIpc) is 3.99. The van der Waals surface area contributed by atoms with Gasteiger partial charge in [-0.3, -0.25) is 15.0 Å². The fraction of sp³-hybridized carbons (Fsp3) is 0. The maximum Gasteiger partial charge on any atom is 0.180 e. The number of rotatable bonds is 7. The molecule has 14 heteroatoms. The SMILES string of the molecule is c1ccc(-c2c(-c3nnn[nH]3)c(-c3ccc[nH]3)c3c(-c4ccc5ccccc5n4)nc(-c4cccnn4)c(-c4ncccn4)c3c2-c2cnccn2)nc1. The fourth-order valence-corrected chi connectivity index (χ4v) is 6.93. The number of nitrogens with one attached hydrogen (secondary N) is 2. The van der Waals surface area contributed by atoms with E-state index in [0.29, 0.717) is 78.8 Å². The number of H-pyrrole nitrogens is 2. The second-order valence-corrected chi connectivity index (χ2v) is 12.1. The molecule has 10 aromatic rings. The summed E-state index contributed by atoms with van der Waals surface area (Å²) in [5.74, 6) is 0.817. The van der Waals surface area contributed by atoms with Gasteiger partial charge in [0.25, 0.3) is 0 Å². The van der Waals surface area contributed by atoms with Crippen molar-refractivity contribution < 1.29 is 0 Å². The van der Waals surface area contributed by atoms with E-state index in [2.05, 4.69) is 40.8 Å². The summed E-state index contributed by atoms with van der Waals surface area (Å²) in [6.45, 7) is 0. The highest BCUT2D eigenvalue weighted by atomic mass is 15.5. The standard InChI is InChI=1S/C40H24N14/c1-2-9-24-23(8-1)13-14-27(48-24)37-34-31(26-11-5-16-43-26)35(40-51-53-54-52-40)30(25-10-3-4-15-42-25)32(29-22-41-20-21-44-29)33(34)36(39-45-17-7-18-46-39)38(49-37)28-12-6-19-47-50-28/h1-22,43H,(H,51,52,53,54). The number of aromatic nitrogens is 14. The Kier molecular flexibility index (Phi) is 7.39. The van der Waals surface area contributed by atoms with Gasteiger partial charge >= 0.3 is 0 Å². The molecular formula is C40H24N14. The van der Waals surface area contributed by atoms with Gasteiger partial charge in [0.05, 0.1) is 40.1 Å². The lowest BCUT2D eigenvalue weighted by Gasteiger charge is -2.25. The molecule has 10 rings (SSSR count). The van der Waals surface area contributed by atoms with E-state index in [4.69, 9.17) is 29.9 Å². The molecule has 0 saturated carbocycles. The van der Waals surface area contributed by atoms with Crippen molar-refractivity contribution >= 4 is 21.7 Å². The number of nitrogens with zero attached hydrogens (tertiary/aromatic N) is 12. The zero-order valence-electron chi connectivity index (χ0n) is 28.1. The van der Waals surface area contributed by atoms with Crippen LogP contribution in [0, 0.1) is 0 Å². The molecule has 0 spiro atoms. The number of benzene rings is 2. The van der Waals surface area contributed by atoms with Crippen LogP contribution in [0.4, 0.5) is 0 Å². The van der Waals surface area contributed by atoms with Gasteiger partial charge in [0.1, 0.15) is 11.4 Å². The quantitative estimate of drug-likeness (QED) is 0.173. The van der Waals surface area contributed by atoms with Crippen molar-refractivity contribution in [3.05, 3.63) is 135 Å². The molecule has 54 heavy (non-hydrogen) atoms. The predicted molar refractivity (Wildman–Crippen MR) is 202 cm³/mol. The molecule has 0 fully saturated rings. The zero-order valence-corrected chi connectivity index (χ0v) is 28.1. The molecule has 0 aliphatic carbocycles. The van der Waals surface area contributed by atoms with Crippen LogP contribution in [0.3, 0.4) is 0 Å². The third kappa shape index (κ3) is 5.12. The predicted octanol–water partition coefficient (Wildman–Crippen LogP) is 7.06. The number of fused-ring (bicyclic) bond motifs is 2. The van der Waals surface area contributed by atoms with Crippen molar-refractivity contribution in [2.24, 2.45) is 0 Å². The third-order valence-electron chi connectivity index (χ3n) is 9.08. The lowest BCUT2D eigenvalue weighted by molar-refractivity contribution is 0.881. The minimum atomic E-state index is 0.403. The highest BCUT2D eigenvalue weighted by molar-refractivity contribution is 6.24. The second-order valence-electron chi connectivity index (χ2n) is 12.1. The van der Waals surface area contributed by atoms with Gasteiger partial charge < -0.3 is 4.98 Å². The molecule has 0 unspecified atom stereocenters. The molecule has 8 heterocycles. The molecule has 0 aliphatic heterocycles. The summed E-state index contributed by atoms with van der Waals surface area (Å²) in [5, 5.41) is 26.9. The van der Waals surface area contributed by atoms with Crippen LogP contribution in [0.1, 0.15) is 0 Å². The maximum atomic E-state index is 5.48. The smallest absolute Gasteiger partial charge is 0.180 e. The van der Waals surface area contributed by atoms with Crippen LogP contribution in [0.15, 0.2) is 135 Å². The Morgan fingerprint density at radius 2 is 1.37 bits per heavy atom. The number of para-hydroxylation sites is 1. The first-order valence-electron chi connectivity index (χ1n) is 16.9. The number of tetrazole rings is 1. The van der Waals surface area contributed by atoms with Crippen LogP contribution >= 0.6 is 0 Å². The van der Waals surface area contributed by atoms with E-state index in [-0.39, 0.29) is 0 Å². The molecule has 0 saturated heterocycles. The molecule has 0 amide bonds. The molecule has 2 aromatic carbocycles. The largest absolute Gasteiger partial charge is 0.361 e. The molecule has 8 aromatic heterocycles. The number of hydrogen-bond acceptors (Lipinski definition) is 12. The van der Waals surface area contributed by atoms with E-state index >= 15 is 0 Å². The lowest BCUT2D eigenvalue weighted by Crippen LogP contribution is -2.07. The summed E-state index contributed by atoms with van der Waals surface area (Å²) in [7, 11) is 0. The molecule has 254 valence electrons.